The van der Waals surface area contributed by atoms with Crippen molar-refractivity contribution >= 4 is 29.2 Å². The molecule has 2 aromatic carbocycles. The van der Waals surface area contributed by atoms with E-state index in [2.05, 4.69) is 4.99 Å². The van der Waals surface area contributed by atoms with Crippen molar-refractivity contribution in [3.05, 3.63) is 63.0 Å². The van der Waals surface area contributed by atoms with Gasteiger partial charge in [0.2, 0.25) is 0 Å². The fourth-order valence-electron chi connectivity index (χ4n) is 2.51. The SMILES string of the molecule is Nc1c(C=Nc2ccc([N+](=O)[O-])cc2F)cc(C(=O)O)cc1C1CC1. The van der Waals surface area contributed by atoms with Crippen LogP contribution in [0, 0.1) is 15.9 Å². The van der Waals surface area contributed by atoms with Gasteiger partial charge >= 0.3 is 5.97 Å². The molecule has 0 radical (unpaired) electrons. The van der Waals surface area contributed by atoms with E-state index in [1.54, 1.807) is 6.07 Å². The fourth-order valence-corrected chi connectivity index (χ4v) is 2.51. The van der Waals surface area contributed by atoms with Crippen LogP contribution in [0.3, 0.4) is 0 Å². The molecule has 2 aromatic rings. The number of nitrogens with zero attached hydrogens (tertiary/aromatic N) is 2. The molecule has 1 aliphatic rings. The smallest absolute Gasteiger partial charge is 0.335 e. The lowest BCUT2D eigenvalue weighted by atomic mass is 10.00. The number of aliphatic imine (C=N–C) groups is 1. The maximum Gasteiger partial charge on any atom is 0.335 e. The Morgan fingerprint density at radius 1 is 1.36 bits per heavy atom. The van der Waals surface area contributed by atoms with E-state index in [1.807, 2.05) is 0 Å². The molecule has 0 aromatic heterocycles. The van der Waals surface area contributed by atoms with Crippen molar-refractivity contribution in [1.82, 2.24) is 0 Å². The minimum absolute atomic E-state index is 0.0849. The molecule has 1 fully saturated rings. The van der Waals surface area contributed by atoms with E-state index < -0.39 is 16.7 Å². The number of nitro benzene ring substituents is 1. The number of rotatable bonds is 5. The first-order valence-corrected chi connectivity index (χ1v) is 7.51. The van der Waals surface area contributed by atoms with Gasteiger partial charge in [0.1, 0.15) is 0 Å². The maximum atomic E-state index is 13.9. The molecule has 0 aliphatic heterocycles. The highest BCUT2D eigenvalue weighted by atomic mass is 19.1. The van der Waals surface area contributed by atoms with E-state index in [0.717, 1.165) is 30.5 Å². The summed E-state index contributed by atoms with van der Waals surface area (Å²) in [6, 6.07) is 6.03. The number of benzene rings is 2. The molecule has 0 heterocycles. The zero-order valence-electron chi connectivity index (χ0n) is 13.0. The summed E-state index contributed by atoms with van der Waals surface area (Å²) in [7, 11) is 0. The molecule has 0 bridgehead atoms. The molecule has 3 rings (SSSR count). The van der Waals surface area contributed by atoms with Crippen LogP contribution in [0.25, 0.3) is 0 Å². The Morgan fingerprint density at radius 2 is 2.08 bits per heavy atom. The third kappa shape index (κ3) is 3.47. The summed E-state index contributed by atoms with van der Waals surface area (Å²) < 4.78 is 13.9. The van der Waals surface area contributed by atoms with Gasteiger partial charge in [0.25, 0.3) is 5.69 Å². The van der Waals surface area contributed by atoms with E-state index in [1.165, 1.54) is 18.3 Å². The highest BCUT2D eigenvalue weighted by Gasteiger charge is 2.27. The highest BCUT2D eigenvalue weighted by molar-refractivity contribution is 5.96. The Labute approximate surface area is 141 Å². The first kappa shape index (κ1) is 16.6. The topological polar surface area (TPSA) is 119 Å². The van der Waals surface area contributed by atoms with Gasteiger partial charge in [0.15, 0.2) is 5.82 Å². The van der Waals surface area contributed by atoms with E-state index in [4.69, 9.17) is 5.73 Å². The van der Waals surface area contributed by atoms with Crippen molar-refractivity contribution in [3.63, 3.8) is 0 Å². The summed E-state index contributed by atoms with van der Waals surface area (Å²) in [5, 5.41) is 19.9. The van der Waals surface area contributed by atoms with Gasteiger partial charge in [0, 0.05) is 23.5 Å². The van der Waals surface area contributed by atoms with E-state index in [0.29, 0.717) is 11.3 Å². The van der Waals surface area contributed by atoms with Gasteiger partial charge in [-0.25, -0.2) is 9.18 Å². The number of anilines is 1. The minimum Gasteiger partial charge on any atom is -0.478 e. The van der Waals surface area contributed by atoms with Crippen LogP contribution < -0.4 is 5.73 Å². The third-order valence-electron chi connectivity index (χ3n) is 3.99. The lowest BCUT2D eigenvalue weighted by Gasteiger charge is -2.09. The van der Waals surface area contributed by atoms with Crippen molar-refractivity contribution in [2.45, 2.75) is 18.8 Å². The van der Waals surface area contributed by atoms with Crippen molar-refractivity contribution in [2.75, 3.05) is 5.73 Å². The molecule has 25 heavy (non-hydrogen) atoms. The molecule has 3 N–H and O–H groups in total. The summed E-state index contributed by atoms with van der Waals surface area (Å²) in [6.07, 6.45) is 3.17. The Kier molecular flexibility index (Phi) is 4.18. The zero-order valence-corrected chi connectivity index (χ0v) is 13.0. The van der Waals surface area contributed by atoms with Gasteiger partial charge in [-0.2, -0.15) is 0 Å². The van der Waals surface area contributed by atoms with Crippen LogP contribution in [-0.4, -0.2) is 22.2 Å². The molecule has 1 aliphatic carbocycles. The first-order chi connectivity index (χ1) is 11.9. The molecule has 0 spiro atoms. The van der Waals surface area contributed by atoms with E-state index in [9.17, 15) is 24.4 Å². The van der Waals surface area contributed by atoms with Crippen molar-refractivity contribution in [1.29, 1.82) is 0 Å². The number of nitrogens with two attached hydrogens (primary N) is 1. The van der Waals surface area contributed by atoms with Gasteiger partial charge in [0.05, 0.1) is 22.2 Å². The molecule has 8 heteroatoms. The van der Waals surface area contributed by atoms with Gasteiger partial charge in [-0.15, -0.1) is 0 Å². The molecule has 0 unspecified atom stereocenters. The number of aromatic carboxylic acids is 1. The largest absolute Gasteiger partial charge is 0.478 e. The third-order valence-corrected chi connectivity index (χ3v) is 3.99. The van der Waals surface area contributed by atoms with Crippen LogP contribution >= 0.6 is 0 Å². The quantitative estimate of drug-likeness (QED) is 0.372. The summed E-state index contributed by atoms with van der Waals surface area (Å²) in [5.41, 5.74) is 7.25. The van der Waals surface area contributed by atoms with Crippen LogP contribution in [0.4, 0.5) is 21.5 Å². The van der Waals surface area contributed by atoms with Crippen molar-refractivity contribution in [3.8, 4) is 0 Å². The molecule has 1 saturated carbocycles. The predicted octanol–water partition coefficient (Wildman–Crippen LogP) is 3.64. The average molecular weight is 343 g/mol. The Hall–Kier alpha value is -3.29. The normalized spacial score (nSPS) is 14.0. The van der Waals surface area contributed by atoms with E-state index >= 15 is 0 Å². The van der Waals surface area contributed by atoms with Crippen LogP contribution in [0.5, 0.6) is 0 Å². The molecular weight excluding hydrogens is 329 g/mol. The van der Waals surface area contributed by atoms with Gasteiger partial charge in [-0.3, -0.25) is 15.1 Å². The number of nitro groups is 1. The molecular formula is C17H14FN3O4. The molecule has 7 nitrogen and oxygen atoms in total. The summed E-state index contributed by atoms with van der Waals surface area (Å²) in [4.78, 5) is 25.2. The number of carbonyl (C=O) groups is 1. The fraction of sp³-hybridized carbons (Fsp3) is 0.176. The Balaban J connectivity index is 1.98. The number of hydrogen-bond donors (Lipinski definition) is 2. The summed E-state index contributed by atoms with van der Waals surface area (Å²) in [6.45, 7) is 0. The standard InChI is InChI=1S/C17H14FN3O4/c18-14-7-12(21(24)25)3-4-15(14)20-8-11-5-10(17(22)23)6-13(16(11)19)9-1-2-9/h3-9H,1-2,19H2,(H,22,23). The minimum atomic E-state index is -1.09. The number of non-ortho nitro benzene ring substituents is 1. The summed E-state index contributed by atoms with van der Waals surface area (Å²) >= 11 is 0. The first-order valence-electron chi connectivity index (χ1n) is 7.51. The Bertz CT molecular complexity index is 907. The Morgan fingerprint density at radius 3 is 2.64 bits per heavy atom. The second-order valence-corrected chi connectivity index (χ2v) is 5.80. The molecule has 0 amide bonds. The average Bonchev–Trinajstić information content (AvgIpc) is 3.39. The van der Waals surface area contributed by atoms with Gasteiger partial charge in [-0.1, -0.05) is 0 Å². The maximum absolute atomic E-state index is 13.9. The second kappa shape index (κ2) is 6.31. The second-order valence-electron chi connectivity index (χ2n) is 5.80. The predicted molar refractivity (Wildman–Crippen MR) is 90.1 cm³/mol. The van der Waals surface area contributed by atoms with Crippen LogP contribution in [0.15, 0.2) is 35.3 Å². The summed E-state index contributed by atoms with van der Waals surface area (Å²) in [5.74, 6) is -1.69. The molecule has 128 valence electrons. The van der Waals surface area contributed by atoms with Crippen LogP contribution in [0.1, 0.15) is 40.2 Å². The van der Waals surface area contributed by atoms with Crippen LogP contribution in [-0.2, 0) is 0 Å². The van der Waals surface area contributed by atoms with Crippen LogP contribution in [0.2, 0.25) is 0 Å². The monoisotopic (exact) mass is 343 g/mol. The number of carboxylic acids is 1. The van der Waals surface area contributed by atoms with Gasteiger partial charge in [-0.05, 0) is 42.5 Å². The van der Waals surface area contributed by atoms with Gasteiger partial charge < -0.3 is 10.8 Å². The highest BCUT2D eigenvalue weighted by Crippen LogP contribution is 2.43. The number of nitrogen functional groups attached to an aromatic ring is 1. The van der Waals surface area contributed by atoms with Crippen molar-refractivity contribution < 1.29 is 19.2 Å². The molecule has 0 atom stereocenters. The lowest BCUT2D eigenvalue weighted by Crippen LogP contribution is -2.04. The number of carboxylic acid groups (broad SMARTS) is 1. The number of hydrogen-bond acceptors (Lipinski definition) is 5. The zero-order chi connectivity index (χ0) is 18.1. The lowest BCUT2D eigenvalue weighted by molar-refractivity contribution is -0.385. The van der Waals surface area contributed by atoms with Crippen molar-refractivity contribution in [2.24, 2.45) is 4.99 Å². The number of halogens is 1. The molecule has 0 saturated heterocycles. The van der Waals surface area contributed by atoms with E-state index in [-0.39, 0.29) is 22.9 Å².